The summed E-state index contributed by atoms with van der Waals surface area (Å²) in [6.07, 6.45) is -1.36. The average molecular weight is 280 g/mol. The molecule has 0 saturated carbocycles. The van der Waals surface area contributed by atoms with Gasteiger partial charge in [-0.05, 0) is 44.0 Å². The van der Waals surface area contributed by atoms with Crippen LogP contribution in [0.1, 0.15) is 31.1 Å². The van der Waals surface area contributed by atoms with Gasteiger partial charge in [0.2, 0.25) is 0 Å². The van der Waals surface area contributed by atoms with Gasteiger partial charge in [-0.15, -0.1) is 0 Å². The van der Waals surface area contributed by atoms with Crippen LogP contribution in [-0.4, -0.2) is 30.2 Å². The van der Waals surface area contributed by atoms with Crippen LogP contribution < -0.4 is 15.4 Å². The van der Waals surface area contributed by atoms with Gasteiger partial charge in [-0.1, -0.05) is 6.07 Å². The Morgan fingerprint density at radius 2 is 1.95 bits per heavy atom. The Bertz CT molecular complexity index is 500. The van der Waals surface area contributed by atoms with E-state index in [1.165, 1.54) is 7.05 Å². The topological polar surface area (TPSA) is 87.7 Å². The van der Waals surface area contributed by atoms with Gasteiger partial charge in [0.25, 0.3) is 5.91 Å². The number of nitrogens with one attached hydrogen (secondary N) is 2. The molecule has 3 N–H and O–H groups in total. The van der Waals surface area contributed by atoms with Crippen molar-refractivity contribution in [1.29, 1.82) is 0 Å². The summed E-state index contributed by atoms with van der Waals surface area (Å²) in [6, 6.07) is 4.65. The van der Waals surface area contributed by atoms with Crippen LogP contribution in [0, 0.1) is 6.92 Å². The molecule has 1 aromatic carbocycles. The van der Waals surface area contributed by atoms with E-state index in [1.54, 1.807) is 32.0 Å². The Balaban J connectivity index is 2.73. The number of urea groups is 1. The third-order valence-electron chi connectivity index (χ3n) is 2.82. The highest BCUT2D eigenvalue weighted by atomic mass is 16.5. The van der Waals surface area contributed by atoms with Crippen LogP contribution >= 0.6 is 0 Å². The third-order valence-corrected chi connectivity index (χ3v) is 2.82. The molecule has 0 fully saturated rings. The standard InChI is InChI=1S/C14H20N2O4/c1-8-7-11(9(2)17)5-6-12(8)20-10(3)13(18)16-14(19)15-4/h5-7,9-10,17H,1-4H3,(H2,15,16,18,19). The maximum Gasteiger partial charge on any atom is 0.321 e. The van der Waals surface area contributed by atoms with Gasteiger partial charge in [0.05, 0.1) is 6.10 Å². The maximum absolute atomic E-state index is 11.7. The van der Waals surface area contributed by atoms with Gasteiger partial charge < -0.3 is 15.2 Å². The number of carbonyl (C=O) groups is 2. The molecule has 1 rings (SSSR count). The number of hydrogen-bond donors (Lipinski definition) is 3. The number of amides is 3. The molecular formula is C14H20N2O4. The molecule has 2 unspecified atom stereocenters. The molecule has 0 aliphatic rings. The van der Waals surface area contributed by atoms with Crippen molar-refractivity contribution in [3.05, 3.63) is 29.3 Å². The number of aliphatic hydroxyl groups is 1. The molecule has 1 aromatic rings. The smallest absolute Gasteiger partial charge is 0.321 e. The van der Waals surface area contributed by atoms with Crippen LogP contribution in [0.2, 0.25) is 0 Å². The zero-order valence-electron chi connectivity index (χ0n) is 12.1. The van der Waals surface area contributed by atoms with Crippen LogP contribution in [0.15, 0.2) is 18.2 Å². The second kappa shape index (κ2) is 6.91. The van der Waals surface area contributed by atoms with E-state index in [4.69, 9.17) is 4.74 Å². The highest BCUT2D eigenvalue weighted by molar-refractivity contribution is 5.96. The average Bonchev–Trinajstić information content (AvgIpc) is 2.40. The molecule has 0 aliphatic carbocycles. The lowest BCUT2D eigenvalue weighted by Gasteiger charge is -2.16. The second-order valence-corrected chi connectivity index (χ2v) is 4.53. The van der Waals surface area contributed by atoms with Gasteiger partial charge in [-0.25, -0.2) is 4.79 Å². The number of imide groups is 1. The minimum absolute atomic E-state index is 0.525. The van der Waals surface area contributed by atoms with Gasteiger partial charge in [-0.2, -0.15) is 0 Å². The molecule has 110 valence electrons. The van der Waals surface area contributed by atoms with Crippen molar-refractivity contribution in [1.82, 2.24) is 10.6 Å². The summed E-state index contributed by atoms with van der Waals surface area (Å²) in [5, 5.41) is 13.9. The van der Waals surface area contributed by atoms with E-state index in [-0.39, 0.29) is 0 Å². The van der Waals surface area contributed by atoms with E-state index in [0.717, 1.165) is 11.1 Å². The molecule has 20 heavy (non-hydrogen) atoms. The van der Waals surface area contributed by atoms with Gasteiger partial charge in [0.15, 0.2) is 6.10 Å². The number of aryl methyl sites for hydroxylation is 1. The fourth-order valence-electron chi connectivity index (χ4n) is 1.58. The quantitative estimate of drug-likeness (QED) is 0.775. The fraction of sp³-hybridized carbons (Fsp3) is 0.429. The fourth-order valence-corrected chi connectivity index (χ4v) is 1.58. The highest BCUT2D eigenvalue weighted by Crippen LogP contribution is 2.23. The van der Waals surface area contributed by atoms with Crippen LogP contribution in [0.5, 0.6) is 5.75 Å². The Labute approximate surface area is 118 Å². The molecule has 0 spiro atoms. The summed E-state index contributed by atoms with van der Waals surface area (Å²) in [5.74, 6) is 0.0114. The van der Waals surface area contributed by atoms with Crippen LogP contribution in [0.3, 0.4) is 0 Å². The number of rotatable bonds is 4. The van der Waals surface area contributed by atoms with E-state index in [9.17, 15) is 14.7 Å². The van der Waals surface area contributed by atoms with Crippen molar-refractivity contribution in [2.45, 2.75) is 33.0 Å². The summed E-state index contributed by atoms with van der Waals surface area (Å²) < 4.78 is 5.51. The predicted octanol–water partition coefficient (Wildman–Crippen LogP) is 1.27. The first kappa shape index (κ1) is 16.0. The molecule has 3 amide bonds. The zero-order valence-corrected chi connectivity index (χ0v) is 12.1. The first-order valence-corrected chi connectivity index (χ1v) is 6.33. The number of ether oxygens (including phenoxy) is 1. The Morgan fingerprint density at radius 1 is 1.30 bits per heavy atom. The molecule has 6 nitrogen and oxygen atoms in total. The van der Waals surface area contributed by atoms with Crippen molar-refractivity contribution in [2.75, 3.05) is 7.05 Å². The number of carbonyl (C=O) groups excluding carboxylic acids is 2. The molecule has 0 radical (unpaired) electrons. The van der Waals surface area contributed by atoms with Gasteiger partial charge in [-0.3, -0.25) is 10.1 Å². The molecule has 2 atom stereocenters. The van der Waals surface area contributed by atoms with Gasteiger partial charge >= 0.3 is 6.03 Å². The zero-order chi connectivity index (χ0) is 15.3. The number of aliphatic hydroxyl groups excluding tert-OH is 1. The van der Waals surface area contributed by atoms with E-state index < -0.39 is 24.1 Å². The van der Waals surface area contributed by atoms with E-state index in [2.05, 4.69) is 10.6 Å². The van der Waals surface area contributed by atoms with Crippen LogP contribution in [0.4, 0.5) is 4.79 Å². The highest BCUT2D eigenvalue weighted by Gasteiger charge is 2.17. The molecule has 0 aromatic heterocycles. The maximum atomic E-state index is 11.7. The van der Waals surface area contributed by atoms with Crippen LogP contribution in [0.25, 0.3) is 0 Å². The first-order chi connectivity index (χ1) is 9.35. The molecule has 0 saturated heterocycles. The monoisotopic (exact) mass is 280 g/mol. The minimum atomic E-state index is -0.802. The lowest BCUT2D eigenvalue weighted by atomic mass is 10.1. The van der Waals surface area contributed by atoms with Crippen molar-refractivity contribution < 1.29 is 19.4 Å². The van der Waals surface area contributed by atoms with Crippen molar-refractivity contribution >= 4 is 11.9 Å². The summed E-state index contributed by atoms with van der Waals surface area (Å²) >= 11 is 0. The predicted molar refractivity (Wildman–Crippen MR) is 74.5 cm³/mol. The molecule has 6 heteroatoms. The summed E-state index contributed by atoms with van der Waals surface area (Å²) in [5.41, 5.74) is 1.58. The Kier molecular flexibility index (Phi) is 5.52. The van der Waals surface area contributed by atoms with E-state index in [1.807, 2.05) is 6.92 Å². The molecule has 0 bridgehead atoms. The first-order valence-electron chi connectivity index (χ1n) is 6.33. The summed E-state index contributed by atoms with van der Waals surface area (Å²) in [7, 11) is 1.42. The number of hydrogen-bond acceptors (Lipinski definition) is 4. The number of benzene rings is 1. The van der Waals surface area contributed by atoms with Crippen molar-refractivity contribution in [2.24, 2.45) is 0 Å². The molecule has 0 heterocycles. The van der Waals surface area contributed by atoms with Crippen molar-refractivity contribution in [3.8, 4) is 5.75 Å². The van der Waals surface area contributed by atoms with E-state index in [0.29, 0.717) is 5.75 Å². The van der Waals surface area contributed by atoms with E-state index >= 15 is 0 Å². The van der Waals surface area contributed by atoms with Crippen molar-refractivity contribution in [3.63, 3.8) is 0 Å². The molecular weight excluding hydrogens is 260 g/mol. The minimum Gasteiger partial charge on any atom is -0.481 e. The largest absolute Gasteiger partial charge is 0.481 e. The second-order valence-electron chi connectivity index (χ2n) is 4.53. The SMILES string of the molecule is CNC(=O)NC(=O)C(C)Oc1ccc(C(C)O)cc1C. The lowest BCUT2D eigenvalue weighted by molar-refractivity contribution is -0.126. The third kappa shape index (κ3) is 4.24. The molecule has 0 aliphatic heterocycles. The lowest BCUT2D eigenvalue weighted by Crippen LogP contribution is -2.44. The normalized spacial score (nSPS) is 13.2. The summed E-state index contributed by atoms with van der Waals surface area (Å²) in [4.78, 5) is 22.7. The Hall–Kier alpha value is -2.08. The summed E-state index contributed by atoms with van der Waals surface area (Å²) in [6.45, 7) is 5.06. The Morgan fingerprint density at radius 3 is 2.45 bits per heavy atom. The van der Waals surface area contributed by atoms with Gasteiger partial charge in [0.1, 0.15) is 5.75 Å². The van der Waals surface area contributed by atoms with Crippen LogP contribution in [-0.2, 0) is 4.79 Å². The van der Waals surface area contributed by atoms with Gasteiger partial charge in [0, 0.05) is 7.05 Å².